The van der Waals surface area contributed by atoms with Crippen LogP contribution in [-0.2, 0) is 0 Å². The van der Waals surface area contributed by atoms with Crippen LogP contribution in [0, 0.1) is 5.82 Å². The molecular weight excluding hydrogens is 285 g/mol. The van der Waals surface area contributed by atoms with Gasteiger partial charge >= 0.3 is 6.61 Å². The first-order valence-corrected chi connectivity index (χ1v) is 5.87. The maximum atomic E-state index is 13.6. The predicted octanol–water partition coefficient (Wildman–Crippen LogP) is 3.26. The number of nitrogens with one attached hydrogen (secondary N) is 1. The first-order chi connectivity index (χ1) is 9.95. The summed E-state index contributed by atoms with van der Waals surface area (Å²) in [5, 5.41) is 2.44. The molecule has 0 radical (unpaired) electrons. The maximum absolute atomic E-state index is 13.6. The fraction of sp³-hybridized carbons (Fsp3) is 0.0714. The second-order valence-electron chi connectivity index (χ2n) is 4.10. The Balaban J connectivity index is 2.08. The smallest absolute Gasteiger partial charge is 0.387 e. The van der Waals surface area contributed by atoms with E-state index in [9.17, 15) is 18.0 Å². The van der Waals surface area contributed by atoms with Gasteiger partial charge in [-0.05, 0) is 42.5 Å². The van der Waals surface area contributed by atoms with E-state index < -0.39 is 18.3 Å². The van der Waals surface area contributed by atoms with Crippen LogP contribution in [0.5, 0.6) is 5.75 Å². The number of benzene rings is 2. The molecule has 3 N–H and O–H groups in total. The van der Waals surface area contributed by atoms with E-state index in [0.29, 0.717) is 5.69 Å². The molecule has 110 valence electrons. The van der Waals surface area contributed by atoms with Crippen molar-refractivity contribution >= 4 is 17.3 Å². The summed E-state index contributed by atoms with van der Waals surface area (Å²) in [5.41, 5.74) is 5.74. The van der Waals surface area contributed by atoms with Crippen LogP contribution in [0.25, 0.3) is 0 Å². The minimum absolute atomic E-state index is 0.0401. The van der Waals surface area contributed by atoms with E-state index >= 15 is 0 Å². The molecule has 4 nitrogen and oxygen atoms in total. The Kier molecular flexibility index (Phi) is 4.32. The predicted molar refractivity (Wildman–Crippen MR) is 71.8 cm³/mol. The van der Waals surface area contributed by atoms with Gasteiger partial charge in [0.2, 0.25) is 0 Å². The first kappa shape index (κ1) is 14.7. The third-order valence-corrected chi connectivity index (χ3v) is 2.58. The molecule has 2 rings (SSSR count). The number of hydrogen-bond acceptors (Lipinski definition) is 3. The zero-order valence-corrected chi connectivity index (χ0v) is 10.6. The van der Waals surface area contributed by atoms with Gasteiger partial charge in [-0.25, -0.2) is 4.39 Å². The minimum atomic E-state index is -2.92. The number of carbonyl (C=O) groups excluding carboxylic acids is 1. The fourth-order valence-electron chi connectivity index (χ4n) is 1.63. The molecule has 0 unspecified atom stereocenters. The van der Waals surface area contributed by atoms with Crippen LogP contribution in [0.2, 0.25) is 0 Å². The zero-order chi connectivity index (χ0) is 15.4. The SMILES string of the molecule is Nc1ccc(C(=O)Nc2ccc(OC(F)F)cc2)c(F)c1. The van der Waals surface area contributed by atoms with Crippen LogP contribution in [-0.4, -0.2) is 12.5 Å². The zero-order valence-electron chi connectivity index (χ0n) is 10.6. The van der Waals surface area contributed by atoms with Crippen LogP contribution in [0.4, 0.5) is 24.5 Å². The number of nitrogens with two attached hydrogens (primary N) is 1. The van der Waals surface area contributed by atoms with Gasteiger partial charge in [0.05, 0.1) is 5.56 Å². The van der Waals surface area contributed by atoms with Gasteiger partial charge in [0, 0.05) is 11.4 Å². The second kappa shape index (κ2) is 6.17. The van der Waals surface area contributed by atoms with Gasteiger partial charge in [0.25, 0.3) is 5.91 Å². The standard InChI is InChI=1S/C14H11F3N2O2/c15-12-7-8(18)1-6-11(12)13(20)19-9-2-4-10(5-3-9)21-14(16)17/h1-7,14H,18H2,(H,19,20). The van der Waals surface area contributed by atoms with Crippen molar-refractivity contribution in [2.24, 2.45) is 0 Å². The number of ether oxygens (including phenoxy) is 1. The lowest BCUT2D eigenvalue weighted by atomic mass is 10.1. The van der Waals surface area contributed by atoms with Gasteiger partial charge in [-0.3, -0.25) is 4.79 Å². The monoisotopic (exact) mass is 296 g/mol. The molecule has 7 heteroatoms. The quantitative estimate of drug-likeness (QED) is 0.851. The second-order valence-corrected chi connectivity index (χ2v) is 4.10. The Morgan fingerprint density at radius 3 is 2.38 bits per heavy atom. The van der Waals surface area contributed by atoms with Crippen molar-refractivity contribution in [1.82, 2.24) is 0 Å². The highest BCUT2D eigenvalue weighted by Crippen LogP contribution is 2.19. The lowest BCUT2D eigenvalue weighted by Crippen LogP contribution is -2.14. The summed E-state index contributed by atoms with van der Waals surface area (Å²) in [7, 11) is 0. The number of rotatable bonds is 4. The summed E-state index contributed by atoms with van der Waals surface area (Å²) in [6, 6.07) is 8.96. The van der Waals surface area contributed by atoms with Crippen LogP contribution >= 0.6 is 0 Å². The van der Waals surface area contributed by atoms with Crippen molar-refractivity contribution in [3.63, 3.8) is 0 Å². The van der Waals surface area contributed by atoms with Gasteiger partial charge in [0.1, 0.15) is 11.6 Å². The van der Waals surface area contributed by atoms with Gasteiger partial charge in [0.15, 0.2) is 0 Å². The van der Waals surface area contributed by atoms with Crippen LogP contribution in [0.1, 0.15) is 10.4 Å². The highest BCUT2D eigenvalue weighted by atomic mass is 19.3. The van der Waals surface area contributed by atoms with Crippen LogP contribution < -0.4 is 15.8 Å². The molecule has 0 fully saturated rings. The molecule has 0 heterocycles. The molecule has 0 spiro atoms. The molecule has 0 saturated heterocycles. The summed E-state index contributed by atoms with van der Waals surface area (Å²) in [5.74, 6) is -1.46. The lowest BCUT2D eigenvalue weighted by molar-refractivity contribution is -0.0498. The number of alkyl halides is 2. The van der Waals surface area contributed by atoms with E-state index in [2.05, 4.69) is 10.1 Å². The average molecular weight is 296 g/mol. The molecule has 21 heavy (non-hydrogen) atoms. The summed E-state index contributed by atoms with van der Waals surface area (Å²) in [6.45, 7) is -2.92. The number of carbonyl (C=O) groups is 1. The molecule has 0 aliphatic rings. The molecule has 0 saturated carbocycles. The molecule has 0 atom stereocenters. The lowest BCUT2D eigenvalue weighted by Gasteiger charge is -2.08. The normalized spacial score (nSPS) is 10.5. The van der Waals surface area contributed by atoms with E-state index in [0.717, 1.165) is 6.07 Å². The van der Waals surface area contributed by atoms with Gasteiger partial charge in [-0.2, -0.15) is 8.78 Å². The van der Waals surface area contributed by atoms with Crippen LogP contribution in [0.3, 0.4) is 0 Å². The van der Waals surface area contributed by atoms with Crippen molar-refractivity contribution in [3.8, 4) is 5.75 Å². The Bertz CT molecular complexity index is 645. The number of hydrogen-bond donors (Lipinski definition) is 2. The molecule has 2 aromatic carbocycles. The summed E-state index contributed by atoms with van der Waals surface area (Å²) >= 11 is 0. The number of amides is 1. The summed E-state index contributed by atoms with van der Waals surface area (Å²) in [6.07, 6.45) is 0. The molecule has 2 aromatic rings. The van der Waals surface area contributed by atoms with Crippen molar-refractivity contribution in [1.29, 1.82) is 0 Å². The Hall–Kier alpha value is -2.70. The van der Waals surface area contributed by atoms with Crippen molar-refractivity contribution in [2.75, 3.05) is 11.1 Å². The van der Waals surface area contributed by atoms with Crippen molar-refractivity contribution in [3.05, 3.63) is 53.8 Å². The van der Waals surface area contributed by atoms with Crippen molar-refractivity contribution < 1.29 is 22.7 Å². The maximum Gasteiger partial charge on any atom is 0.387 e. The average Bonchev–Trinajstić information content (AvgIpc) is 2.40. The number of halogens is 3. The molecule has 1 amide bonds. The Morgan fingerprint density at radius 2 is 1.81 bits per heavy atom. The highest BCUT2D eigenvalue weighted by Gasteiger charge is 2.12. The van der Waals surface area contributed by atoms with E-state index in [1.807, 2.05) is 0 Å². The molecular formula is C14H11F3N2O2. The van der Waals surface area contributed by atoms with Crippen LogP contribution in [0.15, 0.2) is 42.5 Å². The van der Waals surface area contributed by atoms with E-state index in [1.165, 1.54) is 36.4 Å². The van der Waals surface area contributed by atoms with Gasteiger partial charge in [-0.15, -0.1) is 0 Å². The number of anilines is 2. The highest BCUT2D eigenvalue weighted by molar-refractivity contribution is 6.04. The van der Waals surface area contributed by atoms with E-state index in [1.54, 1.807) is 0 Å². The largest absolute Gasteiger partial charge is 0.435 e. The first-order valence-electron chi connectivity index (χ1n) is 5.87. The molecule has 0 aliphatic carbocycles. The Labute approximate surface area is 118 Å². The topological polar surface area (TPSA) is 64.4 Å². The summed E-state index contributed by atoms with van der Waals surface area (Å²) < 4.78 is 41.7. The third kappa shape index (κ3) is 3.88. The van der Waals surface area contributed by atoms with Crippen molar-refractivity contribution in [2.45, 2.75) is 6.61 Å². The fourth-order valence-corrected chi connectivity index (χ4v) is 1.63. The molecule has 0 aliphatic heterocycles. The number of nitrogen functional groups attached to an aromatic ring is 1. The van der Waals surface area contributed by atoms with Gasteiger partial charge in [-0.1, -0.05) is 0 Å². The van der Waals surface area contributed by atoms with E-state index in [4.69, 9.17) is 5.73 Å². The minimum Gasteiger partial charge on any atom is -0.435 e. The molecule has 0 bridgehead atoms. The van der Waals surface area contributed by atoms with E-state index in [-0.39, 0.29) is 17.0 Å². The molecule has 0 aromatic heterocycles. The van der Waals surface area contributed by atoms with Gasteiger partial charge < -0.3 is 15.8 Å². The summed E-state index contributed by atoms with van der Waals surface area (Å²) in [4.78, 5) is 11.9. The third-order valence-electron chi connectivity index (χ3n) is 2.58. The Morgan fingerprint density at radius 1 is 1.14 bits per heavy atom.